The zero-order valence-electron chi connectivity index (χ0n) is 21.7. The van der Waals surface area contributed by atoms with Crippen molar-refractivity contribution in [2.24, 2.45) is 21.3 Å². The van der Waals surface area contributed by atoms with E-state index >= 15 is 0 Å². The Morgan fingerprint density at radius 3 is 2.55 bits per heavy atom. The standard InChI is InChI=1S/C29H46FN3/c1-23(2)18-27-13-12-25(19-28(27)30)11-9-8-10-24(14-16-31-6)15-17-33-22-26(21-32-7)20-29(3,4)5/h12-13,19,21-22,24,31H,1,7-11,14-18,20H2,2-6H3/b26-21-,33-22-. The third kappa shape index (κ3) is 13.9. The molecule has 0 radical (unpaired) electrons. The van der Waals surface area contributed by atoms with E-state index in [0.29, 0.717) is 12.3 Å². The van der Waals surface area contributed by atoms with Crippen LogP contribution in [0.15, 0.2) is 52.1 Å². The van der Waals surface area contributed by atoms with Crippen molar-refractivity contribution in [1.82, 2.24) is 5.32 Å². The van der Waals surface area contributed by atoms with Gasteiger partial charge in [-0.2, -0.15) is 0 Å². The van der Waals surface area contributed by atoms with E-state index in [0.717, 1.165) is 73.9 Å². The second kappa shape index (κ2) is 15.7. The number of aryl methyl sites for hydroxylation is 1. The van der Waals surface area contributed by atoms with Gasteiger partial charge >= 0.3 is 0 Å². The molecule has 1 rings (SSSR count). The van der Waals surface area contributed by atoms with E-state index in [4.69, 9.17) is 0 Å². The van der Waals surface area contributed by atoms with Crippen molar-refractivity contribution < 1.29 is 4.39 Å². The smallest absolute Gasteiger partial charge is 0.126 e. The summed E-state index contributed by atoms with van der Waals surface area (Å²) in [7, 11) is 2.01. The summed E-state index contributed by atoms with van der Waals surface area (Å²) in [6, 6.07) is 5.68. The number of halogens is 1. The first-order valence-electron chi connectivity index (χ1n) is 12.4. The molecule has 0 aliphatic carbocycles. The molecule has 1 aromatic rings. The number of nitrogens with one attached hydrogen (secondary N) is 1. The molecule has 3 nitrogen and oxygen atoms in total. The highest BCUT2D eigenvalue weighted by Crippen LogP contribution is 2.23. The Morgan fingerprint density at radius 2 is 1.94 bits per heavy atom. The van der Waals surface area contributed by atoms with Gasteiger partial charge in [-0.05, 0) is 99.9 Å². The largest absolute Gasteiger partial charge is 0.320 e. The molecule has 4 heteroatoms. The maximum atomic E-state index is 14.3. The minimum Gasteiger partial charge on any atom is -0.320 e. The van der Waals surface area contributed by atoms with Gasteiger partial charge in [-0.15, -0.1) is 0 Å². The van der Waals surface area contributed by atoms with Crippen molar-refractivity contribution in [2.75, 3.05) is 20.1 Å². The summed E-state index contributed by atoms with van der Waals surface area (Å²) in [6.07, 6.45) is 11.9. The van der Waals surface area contributed by atoms with Crippen LogP contribution in [-0.4, -0.2) is 33.1 Å². The molecule has 0 heterocycles. The van der Waals surface area contributed by atoms with Crippen molar-refractivity contribution in [3.63, 3.8) is 0 Å². The zero-order chi connectivity index (χ0) is 24.7. The first kappa shape index (κ1) is 29.0. The van der Waals surface area contributed by atoms with E-state index in [1.165, 1.54) is 6.42 Å². The second-order valence-corrected chi connectivity index (χ2v) is 10.5. The number of hydrogen-bond acceptors (Lipinski definition) is 3. The van der Waals surface area contributed by atoms with Crippen LogP contribution >= 0.6 is 0 Å². The van der Waals surface area contributed by atoms with Crippen LogP contribution in [0, 0.1) is 17.2 Å². The van der Waals surface area contributed by atoms with Crippen LogP contribution in [0.4, 0.5) is 4.39 Å². The van der Waals surface area contributed by atoms with Crippen molar-refractivity contribution in [2.45, 2.75) is 79.1 Å². The predicted molar refractivity (Wildman–Crippen MR) is 144 cm³/mol. The molecule has 0 amide bonds. The molecule has 1 unspecified atom stereocenters. The molecule has 0 aliphatic rings. The molecule has 184 valence electrons. The van der Waals surface area contributed by atoms with E-state index in [2.05, 4.69) is 55.4 Å². The minimum atomic E-state index is -0.105. The van der Waals surface area contributed by atoms with E-state index < -0.39 is 0 Å². The van der Waals surface area contributed by atoms with Crippen LogP contribution in [0.5, 0.6) is 0 Å². The lowest BCUT2D eigenvalue weighted by atomic mass is 9.88. The van der Waals surface area contributed by atoms with Crippen molar-refractivity contribution in [1.29, 1.82) is 0 Å². The van der Waals surface area contributed by atoms with Crippen LogP contribution in [0.2, 0.25) is 0 Å². The number of aliphatic imine (C=N–C) groups is 2. The summed E-state index contributed by atoms with van der Waals surface area (Å²) >= 11 is 0. The summed E-state index contributed by atoms with van der Waals surface area (Å²) in [5.41, 5.74) is 4.14. The highest BCUT2D eigenvalue weighted by atomic mass is 19.1. The molecule has 0 saturated heterocycles. The summed E-state index contributed by atoms with van der Waals surface area (Å²) in [5, 5.41) is 3.28. The minimum absolute atomic E-state index is 0.105. The van der Waals surface area contributed by atoms with Gasteiger partial charge in [-0.25, -0.2) is 4.39 Å². The predicted octanol–water partition coefficient (Wildman–Crippen LogP) is 7.36. The summed E-state index contributed by atoms with van der Waals surface area (Å²) in [6.45, 7) is 17.9. The van der Waals surface area contributed by atoms with Gasteiger partial charge in [0.05, 0.1) is 0 Å². The summed E-state index contributed by atoms with van der Waals surface area (Å²) in [4.78, 5) is 8.62. The van der Waals surface area contributed by atoms with Gasteiger partial charge in [0.1, 0.15) is 5.82 Å². The SMILES string of the molecule is C=N/C=C(\C=N/CCC(CCCCc1ccc(CC(=C)C)c(F)c1)CCNC)CC(C)(C)C. The van der Waals surface area contributed by atoms with Gasteiger partial charge in [0, 0.05) is 19.0 Å². The fourth-order valence-electron chi connectivity index (χ4n) is 4.05. The Bertz CT molecular complexity index is 787. The van der Waals surface area contributed by atoms with Gasteiger partial charge in [-0.1, -0.05) is 57.9 Å². The number of nitrogens with zero attached hydrogens (tertiary/aromatic N) is 2. The second-order valence-electron chi connectivity index (χ2n) is 10.5. The topological polar surface area (TPSA) is 36.8 Å². The van der Waals surface area contributed by atoms with Gasteiger partial charge in [0.25, 0.3) is 0 Å². The van der Waals surface area contributed by atoms with Gasteiger partial charge in [0.15, 0.2) is 0 Å². The molecule has 0 spiro atoms. The molecule has 1 atom stereocenters. The fraction of sp³-hybridized carbons (Fsp3) is 0.586. The highest BCUT2D eigenvalue weighted by molar-refractivity contribution is 5.78. The third-order valence-electron chi connectivity index (χ3n) is 5.66. The lowest BCUT2D eigenvalue weighted by Gasteiger charge is -2.18. The molecule has 33 heavy (non-hydrogen) atoms. The fourth-order valence-corrected chi connectivity index (χ4v) is 4.05. The Balaban J connectivity index is 2.50. The van der Waals surface area contributed by atoms with Gasteiger partial charge in [-0.3, -0.25) is 9.98 Å². The molecule has 0 aliphatic heterocycles. The lowest BCUT2D eigenvalue weighted by Crippen LogP contribution is -2.14. The van der Waals surface area contributed by atoms with Crippen molar-refractivity contribution >= 4 is 12.9 Å². The molecule has 1 N–H and O–H groups in total. The first-order chi connectivity index (χ1) is 15.6. The molecule has 0 fully saturated rings. The monoisotopic (exact) mass is 455 g/mol. The molecule has 1 aromatic carbocycles. The van der Waals surface area contributed by atoms with Gasteiger partial charge < -0.3 is 5.32 Å². The lowest BCUT2D eigenvalue weighted by molar-refractivity contribution is 0.403. The average Bonchev–Trinajstić information content (AvgIpc) is 2.72. The Labute approximate surface area is 202 Å². The Hall–Kier alpha value is -2.07. The first-order valence-corrected chi connectivity index (χ1v) is 12.4. The van der Waals surface area contributed by atoms with E-state index in [1.54, 1.807) is 6.07 Å². The van der Waals surface area contributed by atoms with E-state index in [9.17, 15) is 4.39 Å². The van der Waals surface area contributed by atoms with Crippen LogP contribution < -0.4 is 5.32 Å². The van der Waals surface area contributed by atoms with E-state index in [1.807, 2.05) is 32.5 Å². The molecule has 0 bridgehead atoms. The molecule has 0 saturated carbocycles. The van der Waals surface area contributed by atoms with E-state index in [-0.39, 0.29) is 11.2 Å². The maximum absolute atomic E-state index is 14.3. The molecular weight excluding hydrogens is 409 g/mol. The Morgan fingerprint density at radius 1 is 1.18 bits per heavy atom. The number of rotatable bonds is 16. The molecular formula is C29H46FN3. The summed E-state index contributed by atoms with van der Waals surface area (Å²) < 4.78 is 14.3. The van der Waals surface area contributed by atoms with Crippen LogP contribution in [-0.2, 0) is 12.8 Å². The van der Waals surface area contributed by atoms with Crippen LogP contribution in [0.1, 0.15) is 77.3 Å². The number of unbranched alkanes of at least 4 members (excludes halogenated alkanes) is 1. The number of allylic oxidation sites excluding steroid dienone is 2. The average molecular weight is 456 g/mol. The van der Waals surface area contributed by atoms with Gasteiger partial charge in [0.2, 0.25) is 0 Å². The van der Waals surface area contributed by atoms with Crippen molar-refractivity contribution in [3.8, 4) is 0 Å². The summed E-state index contributed by atoms with van der Waals surface area (Å²) in [5.74, 6) is 0.545. The van der Waals surface area contributed by atoms with Crippen LogP contribution in [0.25, 0.3) is 0 Å². The normalized spacial score (nSPS) is 13.5. The quantitative estimate of drug-likeness (QED) is 0.158. The maximum Gasteiger partial charge on any atom is 0.126 e. The zero-order valence-corrected chi connectivity index (χ0v) is 21.7. The molecule has 0 aromatic heterocycles. The number of benzene rings is 1. The highest BCUT2D eigenvalue weighted by Gasteiger charge is 2.12. The number of hydrogen-bond donors (Lipinski definition) is 1. The third-order valence-corrected chi connectivity index (χ3v) is 5.66. The van der Waals surface area contributed by atoms with Crippen molar-refractivity contribution in [3.05, 3.63) is 59.1 Å². The van der Waals surface area contributed by atoms with Crippen LogP contribution in [0.3, 0.4) is 0 Å². The Kier molecular flexibility index (Phi) is 13.8.